The van der Waals surface area contributed by atoms with Crippen molar-refractivity contribution in [2.24, 2.45) is 0 Å². The molecule has 2 aromatic heterocycles. The molecule has 0 saturated carbocycles. The minimum Gasteiger partial charge on any atom is -0.480 e. The molecule has 0 bridgehead atoms. The predicted molar refractivity (Wildman–Crippen MR) is 120 cm³/mol. The second-order valence-corrected chi connectivity index (χ2v) is 7.48. The van der Waals surface area contributed by atoms with Crippen LogP contribution in [-0.2, 0) is 27.2 Å². The summed E-state index contributed by atoms with van der Waals surface area (Å²) in [6.07, 6.45) is 4.21. The van der Waals surface area contributed by atoms with Gasteiger partial charge in [0.15, 0.2) is 5.65 Å². The summed E-state index contributed by atoms with van der Waals surface area (Å²) in [6.45, 7) is -0.160. The average molecular weight is 434 g/mol. The standard InChI is InChI=1S/C24H26N4O4/c29-21(11-5-4-10-19-13-12-18-9-6-14-25-23(18)27-19)26-16-20(24(31)32)28-22(30)15-17-7-2-1-3-8-17/h1-3,6-9,12-14,20H,4-5,10-11,15-16H2,(H,26,29)(H,28,30)(H,31,32). The molecule has 0 spiro atoms. The van der Waals surface area contributed by atoms with Gasteiger partial charge in [0.1, 0.15) is 6.04 Å². The largest absolute Gasteiger partial charge is 0.480 e. The molecule has 2 amide bonds. The van der Waals surface area contributed by atoms with Crippen molar-refractivity contribution in [2.45, 2.75) is 38.1 Å². The molecular formula is C24H26N4O4. The van der Waals surface area contributed by atoms with Crippen molar-refractivity contribution in [3.05, 3.63) is 72.1 Å². The highest BCUT2D eigenvalue weighted by molar-refractivity contribution is 5.85. The molecule has 0 saturated heterocycles. The molecule has 166 valence electrons. The number of hydrogen-bond acceptors (Lipinski definition) is 5. The van der Waals surface area contributed by atoms with Gasteiger partial charge in [0.2, 0.25) is 11.8 Å². The number of hydrogen-bond donors (Lipinski definition) is 3. The lowest BCUT2D eigenvalue weighted by Gasteiger charge is -2.15. The van der Waals surface area contributed by atoms with E-state index in [4.69, 9.17) is 0 Å². The Morgan fingerprint density at radius 3 is 2.53 bits per heavy atom. The smallest absolute Gasteiger partial charge is 0.328 e. The molecule has 2 heterocycles. The molecule has 1 aromatic carbocycles. The average Bonchev–Trinajstić information content (AvgIpc) is 2.80. The van der Waals surface area contributed by atoms with Crippen LogP contribution in [0.15, 0.2) is 60.8 Å². The van der Waals surface area contributed by atoms with Crippen molar-refractivity contribution in [2.75, 3.05) is 6.54 Å². The van der Waals surface area contributed by atoms with Crippen molar-refractivity contribution in [3.63, 3.8) is 0 Å². The zero-order chi connectivity index (χ0) is 22.8. The fourth-order valence-corrected chi connectivity index (χ4v) is 3.25. The molecule has 3 rings (SSSR count). The number of aromatic nitrogens is 2. The molecule has 0 aliphatic rings. The highest BCUT2D eigenvalue weighted by Crippen LogP contribution is 2.11. The van der Waals surface area contributed by atoms with Crippen molar-refractivity contribution in [1.82, 2.24) is 20.6 Å². The molecule has 32 heavy (non-hydrogen) atoms. The number of carboxylic acids is 1. The number of nitrogens with one attached hydrogen (secondary N) is 2. The maximum atomic E-state index is 12.1. The fraction of sp³-hybridized carbons (Fsp3) is 0.292. The van der Waals surface area contributed by atoms with Crippen LogP contribution in [-0.4, -0.2) is 45.4 Å². The Labute approximate surface area is 186 Å². The van der Waals surface area contributed by atoms with E-state index >= 15 is 0 Å². The van der Waals surface area contributed by atoms with E-state index in [2.05, 4.69) is 20.6 Å². The quantitative estimate of drug-likeness (QED) is 0.398. The van der Waals surface area contributed by atoms with Gasteiger partial charge in [-0.05, 0) is 49.1 Å². The Kier molecular flexibility index (Phi) is 8.25. The number of unbranched alkanes of at least 4 members (excludes halogenated alkanes) is 1. The van der Waals surface area contributed by atoms with Gasteiger partial charge in [0, 0.05) is 30.2 Å². The number of benzene rings is 1. The van der Waals surface area contributed by atoms with Gasteiger partial charge in [-0.2, -0.15) is 0 Å². The van der Waals surface area contributed by atoms with E-state index in [1.807, 2.05) is 42.5 Å². The number of carbonyl (C=O) groups excluding carboxylic acids is 2. The molecule has 3 aromatic rings. The lowest BCUT2D eigenvalue weighted by molar-refractivity contribution is -0.141. The number of carboxylic acid groups (broad SMARTS) is 1. The first-order valence-electron chi connectivity index (χ1n) is 10.5. The zero-order valence-corrected chi connectivity index (χ0v) is 17.7. The highest BCUT2D eigenvalue weighted by Gasteiger charge is 2.20. The Morgan fingerprint density at radius 2 is 1.75 bits per heavy atom. The summed E-state index contributed by atoms with van der Waals surface area (Å²) in [6, 6.07) is 15.6. The molecule has 0 fully saturated rings. The summed E-state index contributed by atoms with van der Waals surface area (Å²) >= 11 is 0. The van der Waals surface area contributed by atoms with Crippen molar-refractivity contribution in [3.8, 4) is 0 Å². The molecule has 1 atom stereocenters. The topological polar surface area (TPSA) is 121 Å². The first-order chi connectivity index (χ1) is 15.5. The number of aliphatic carboxylic acids is 1. The summed E-state index contributed by atoms with van der Waals surface area (Å²) in [4.78, 5) is 44.4. The van der Waals surface area contributed by atoms with Gasteiger partial charge < -0.3 is 15.7 Å². The minimum absolute atomic E-state index is 0.0803. The molecule has 8 nitrogen and oxygen atoms in total. The van der Waals surface area contributed by atoms with Crippen molar-refractivity contribution < 1.29 is 19.5 Å². The molecule has 1 unspecified atom stereocenters. The van der Waals surface area contributed by atoms with Gasteiger partial charge in [0.25, 0.3) is 0 Å². The van der Waals surface area contributed by atoms with Crippen molar-refractivity contribution >= 4 is 28.8 Å². The molecule has 8 heteroatoms. The molecule has 0 aliphatic heterocycles. The SMILES string of the molecule is O=C(CCCCc1ccc2cccnc2n1)NCC(NC(=O)Cc1ccccc1)C(=O)O. The summed E-state index contributed by atoms with van der Waals surface area (Å²) in [5.74, 6) is -1.85. The highest BCUT2D eigenvalue weighted by atomic mass is 16.4. The van der Waals surface area contributed by atoms with E-state index in [0.29, 0.717) is 12.1 Å². The lowest BCUT2D eigenvalue weighted by atomic mass is 10.1. The third-order valence-corrected chi connectivity index (χ3v) is 4.95. The third-order valence-electron chi connectivity index (χ3n) is 4.95. The lowest BCUT2D eigenvalue weighted by Crippen LogP contribution is -2.48. The number of amides is 2. The number of fused-ring (bicyclic) bond motifs is 1. The number of carbonyl (C=O) groups is 3. The van der Waals surface area contributed by atoms with E-state index < -0.39 is 17.9 Å². The van der Waals surface area contributed by atoms with Crippen LogP contribution in [0, 0.1) is 0 Å². The van der Waals surface area contributed by atoms with E-state index in [1.54, 1.807) is 18.3 Å². The number of rotatable bonds is 11. The predicted octanol–water partition coefficient (Wildman–Crippen LogP) is 2.27. The monoisotopic (exact) mass is 434 g/mol. The fourth-order valence-electron chi connectivity index (χ4n) is 3.25. The van der Waals surface area contributed by atoms with Gasteiger partial charge >= 0.3 is 5.97 Å². The zero-order valence-electron chi connectivity index (χ0n) is 17.7. The normalized spacial score (nSPS) is 11.6. The van der Waals surface area contributed by atoms with Gasteiger partial charge in [-0.3, -0.25) is 9.59 Å². The second-order valence-electron chi connectivity index (χ2n) is 7.48. The Morgan fingerprint density at radius 1 is 0.938 bits per heavy atom. The Hall–Kier alpha value is -3.81. The summed E-state index contributed by atoms with van der Waals surface area (Å²) < 4.78 is 0. The van der Waals surface area contributed by atoms with Gasteiger partial charge in [-0.15, -0.1) is 0 Å². The van der Waals surface area contributed by atoms with Crippen LogP contribution in [0.25, 0.3) is 11.0 Å². The van der Waals surface area contributed by atoms with Gasteiger partial charge in [-0.1, -0.05) is 30.3 Å². The molecular weight excluding hydrogens is 408 g/mol. The van der Waals surface area contributed by atoms with Crippen LogP contribution in [0.2, 0.25) is 0 Å². The van der Waals surface area contributed by atoms with Crippen molar-refractivity contribution in [1.29, 1.82) is 0 Å². The van der Waals surface area contributed by atoms with Crippen LogP contribution >= 0.6 is 0 Å². The summed E-state index contributed by atoms with van der Waals surface area (Å²) in [5, 5.41) is 15.4. The maximum Gasteiger partial charge on any atom is 0.328 e. The van der Waals surface area contributed by atoms with E-state index in [1.165, 1.54) is 0 Å². The minimum atomic E-state index is -1.19. The third kappa shape index (κ3) is 7.16. The van der Waals surface area contributed by atoms with Gasteiger partial charge in [0.05, 0.1) is 6.42 Å². The van der Waals surface area contributed by atoms with E-state index in [9.17, 15) is 19.5 Å². The van der Waals surface area contributed by atoms with Crippen LogP contribution in [0.3, 0.4) is 0 Å². The summed E-state index contributed by atoms with van der Waals surface area (Å²) in [5.41, 5.74) is 2.41. The Bertz CT molecular complexity index is 1070. The van der Waals surface area contributed by atoms with Crippen LogP contribution in [0.4, 0.5) is 0 Å². The van der Waals surface area contributed by atoms with E-state index in [-0.39, 0.29) is 25.3 Å². The molecule has 0 radical (unpaired) electrons. The number of nitrogens with zero attached hydrogens (tertiary/aromatic N) is 2. The first-order valence-corrected chi connectivity index (χ1v) is 10.5. The summed E-state index contributed by atoms with van der Waals surface area (Å²) in [7, 11) is 0. The van der Waals surface area contributed by atoms with E-state index in [0.717, 1.165) is 29.5 Å². The van der Waals surface area contributed by atoms with Crippen LogP contribution < -0.4 is 10.6 Å². The maximum absolute atomic E-state index is 12.1. The Balaban J connectivity index is 1.37. The molecule has 3 N–H and O–H groups in total. The number of aryl methyl sites for hydroxylation is 1. The number of pyridine rings is 2. The second kappa shape index (κ2) is 11.5. The van der Waals surface area contributed by atoms with Gasteiger partial charge in [-0.25, -0.2) is 14.8 Å². The van der Waals surface area contributed by atoms with Crippen LogP contribution in [0.1, 0.15) is 30.5 Å². The first kappa shape index (κ1) is 22.9. The molecule has 0 aliphatic carbocycles. The van der Waals surface area contributed by atoms with Crippen LogP contribution in [0.5, 0.6) is 0 Å².